The average Bonchev–Trinajstić information content (AvgIpc) is 2.99. The number of hydrogen-bond acceptors (Lipinski definition) is 5. The van der Waals surface area contributed by atoms with Crippen molar-refractivity contribution >= 4 is 0 Å². The monoisotopic (exact) mass is 280 g/mol. The molecule has 3 rings (SSSR count). The Bertz CT molecular complexity index is 703. The Hall–Kier alpha value is -2.60. The van der Waals surface area contributed by atoms with Crippen LogP contribution >= 0.6 is 0 Å². The van der Waals surface area contributed by atoms with Gasteiger partial charge < -0.3 is 5.73 Å². The van der Waals surface area contributed by atoms with Gasteiger partial charge >= 0.3 is 0 Å². The molecule has 1 atom stereocenters. The highest BCUT2D eigenvalue weighted by molar-refractivity contribution is 5.36. The Labute approximate surface area is 122 Å². The molecule has 6 heteroatoms. The van der Waals surface area contributed by atoms with Crippen molar-refractivity contribution in [1.82, 2.24) is 25.2 Å². The van der Waals surface area contributed by atoms with Gasteiger partial charge in [-0.1, -0.05) is 12.1 Å². The fourth-order valence-electron chi connectivity index (χ4n) is 2.15. The standard InChI is InChI=1S/C15H16N6/c1-11(16)15-18-19-20-21(15)14-4-2-12(3-5-14)10-13-6-8-17-9-7-13/h2-9,11H,10,16H2,1H3. The molecule has 0 aliphatic rings. The summed E-state index contributed by atoms with van der Waals surface area (Å²) in [5, 5.41) is 11.6. The van der Waals surface area contributed by atoms with Gasteiger partial charge in [-0.2, -0.15) is 4.68 Å². The van der Waals surface area contributed by atoms with Crippen molar-refractivity contribution < 1.29 is 0 Å². The molecule has 0 saturated carbocycles. The van der Waals surface area contributed by atoms with E-state index in [-0.39, 0.29) is 6.04 Å². The predicted molar refractivity (Wildman–Crippen MR) is 78.8 cm³/mol. The van der Waals surface area contributed by atoms with Crippen LogP contribution in [0.5, 0.6) is 0 Å². The lowest BCUT2D eigenvalue weighted by atomic mass is 10.1. The molecule has 106 valence electrons. The molecule has 6 nitrogen and oxygen atoms in total. The van der Waals surface area contributed by atoms with E-state index < -0.39 is 0 Å². The summed E-state index contributed by atoms with van der Waals surface area (Å²) in [6, 6.07) is 12.0. The van der Waals surface area contributed by atoms with Gasteiger partial charge in [0.15, 0.2) is 5.82 Å². The number of benzene rings is 1. The largest absolute Gasteiger partial charge is 0.321 e. The molecule has 0 aliphatic heterocycles. The first-order valence-electron chi connectivity index (χ1n) is 6.76. The van der Waals surface area contributed by atoms with Crippen LogP contribution in [0.15, 0.2) is 48.8 Å². The summed E-state index contributed by atoms with van der Waals surface area (Å²) in [5.74, 6) is 0.650. The minimum absolute atomic E-state index is 0.212. The van der Waals surface area contributed by atoms with Crippen molar-refractivity contribution in [3.8, 4) is 5.69 Å². The molecule has 1 aromatic carbocycles. The van der Waals surface area contributed by atoms with E-state index in [1.54, 1.807) is 17.1 Å². The third-order valence-corrected chi connectivity index (χ3v) is 3.24. The maximum absolute atomic E-state index is 5.86. The molecule has 0 saturated heterocycles. The van der Waals surface area contributed by atoms with Gasteiger partial charge in [-0.05, 0) is 59.2 Å². The van der Waals surface area contributed by atoms with Gasteiger partial charge in [0.05, 0.1) is 11.7 Å². The van der Waals surface area contributed by atoms with Crippen LogP contribution in [0.2, 0.25) is 0 Å². The normalized spacial score (nSPS) is 12.3. The van der Waals surface area contributed by atoms with Gasteiger partial charge in [0.1, 0.15) is 0 Å². The van der Waals surface area contributed by atoms with E-state index in [9.17, 15) is 0 Å². The number of rotatable bonds is 4. The SMILES string of the molecule is CC(N)c1nnnn1-c1ccc(Cc2ccncc2)cc1. The van der Waals surface area contributed by atoms with Gasteiger partial charge in [-0.25, -0.2) is 0 Å². The summed E-state index contributed by atoms with van der Waals surface area (Å²) >= 11 is 0. The molecule has 1 unspecified atom stereocenters. The van der Waals surface area contributed by atoms with Gasteiger partial charge in [0.25, 0.3) is 0 Å². The number of hydrogen-bond donors (Lipinski definition) is 1. The minimum atomic E-state index is -0.212. The molecule has 0 bridgehead atoms. The highest BCUT2D eigenvalue weighted by Gasteiger charge is 2.11. The smallest absolute Gasteiger partial charge is 0.173 e. The fraction of sp³-hybridized carbons (Fsp3) is 0.200. The van der Waals surface area contributed by atoms with Gasteiger partial charge in [0, 0.05) is 12.4 Å². The van der Waals surface area contributed by atoms with Crippen LogP contribution in [-0.4, -0.2) is 25.2 Å². The number of aromatic nitrogens is 5. The molecule has 3 aromatic rings. The molecule has 0 radical (unpaired) electrons. The molecule has 2 heterocycles. The Balaban J connectivity index is 1.82. The van der Waals surface area contributed by atoms with Gasteiger partial charge in [0.2, 0.25) is 0 Å². The maximum Gasteiger partial charge on any atom is 0.173 e. The van der Waals surface area contributed by atoms with Crippen LogP contribution in [0.25, 0.3) is 5.69 Å². The first kappa shape index (κ1) is 13.4. The fourth-order valence-corrected chi connectivity index (χ4v) is 2.15. The van der Waals surface area contributed by atoms with Crippen molar-refractivity contribution in [2.24, 2.45) is 5.73 Å². The molecule has 21 heavy (non-hydrogen) atoms. The third kappa shape index (κ3) is 2.95. The number of nitrogens with two attached hydrogens (primary N) is 1. The zero-order valence-electron chi connectivity index (χ0n) is 11.7. The summed E-state index contributed by atoms with van der Waals surface area (Å²) in [7, 11) is 0. The molecule has 0 fully saturated rings. The second-order valence-corrected chi connectivity index (χ2v) is 4.94. The Kier molecular flexibility index (Phi) is 3.70. The Morgan fingerprint density at radius 3 is 2.38 bits per heavy atom. The van der Waals surface area contributed by atoms with Crippen molar-refractivity contribution in [3.63, 3.8) is 0 Å². The van der Waals surface area contributed by atoms with Crippen molar-refractivity contribution in [1.29, 1.82) is 0 Å². The summed E-state index contributed by atoms with van der Waals surface area (Å²) in [6.07, 6.45) is 4.48. The first-order valence-corrected chi connectivity index (χ1v) is 6.76. The van der Waals surface area contributed by atoms with Crippen molar-refractivity contribution in [2.45, 2.75) is 19.4 Å². The quantitative estimate of drug-likeness (QED) is 0.786. The van der Waals surface area contributed by atoms with Crippen LogP contribution in [-0.2, 0) is 6.42 Å². The molecular formula is C15H16N6. The van der Waals surface area contributed by atoms with Gasteiger partial charge in [-0.3, -0.25) is 4.98 Å². The molecule has 0 aliphatic carbocycles. The molecular weight excluding hydrogens is 264 g/mol. The Morgan fingerprint density at radius 2 is 1.71 bits per heavy atom. The topological polar surface area (TPSA) is 82.5 Å². The zero-order valence-corrected chi connectivity index (χ0v) is 11.7. The highest BCUT2D eigenvalue weighted by Crippen LogP contribution is 2.15. The van der Waals surface area contributed by atoms with E-state index >= 15 is 0 Å². The lowest BCUT2D eigenvalue weighted by Crippen LogP contribution is -2.13. The molecule has 2 N–H and O–H groups in total. The van der Waals surface area contributed by atoms with E-state index in [1.807, 2.05) is 31.2 Å². The minimum Gasteiger partial charge on any atom is -0.321 e. The summed E-state index contributed by atoms with van der Waals surface area (Å²) in [4.78, 5) is 4.02. The van der Waals surface area contributed by atoms with Crippen LogP contribution < -0.4 is 5.73 Å². The van der Waals surface area contributed by atoms with Crippen LogP contribution in [0.1, 0.15) is 29.9 Å². The van der Waals surface area contributed by atoms with E-state index in [0.29, 0.717) is 5.82 Å². The Morgan fingerprint density at radius 1 is 1.05 bits per heavy atom. The lowest BCUT2D eigenvalue weighted by Gasteiger charge is -2.08. The summed E-state index contributed by atoms with van der Waals surface area (Å²) in [6.45, 7) is 1.86. The van der Waals surface area contributed by atoms with E-state index in [4.69, 9.17) is 5.73 Å². The van der Waals surface area contributed by atoms with Crippen LogP contribution in [0, 0.1) is 0 Å². The van der Waals surface area contributed by atoms with Crippen molar-refractivity contribution in [3.05, 3.63) is 65.7 Å². The molecule has 0 spiro atoms. The van der Waals surface area contributed by atoms with Crippen LogP contribution in [0.3, 0.4) is 0 Å². The van der Waals surface area contributed by atoms with E-state index in [2.05, 4.69) is 32.6 Å². The van der Waals surface area contributed by atoms with Gasteiger partial charge in [-0.15, -0.1) is 5.10 Å². The zero-order chi connectivity index (χ0) is 14.7. The van der Waals surface area contributed by atoms with Crippen molar-refractivity contribution in [2.75, 3.05) is 0 Å². The second kappa shape index (κ2) is 5.80. The summed E-state index contributed by atoms with van der Waals surface area (Å²) in [5.41, 5.74) is 9.22. The predicted octanol–water partition coefficient (Wildman–Crippen LogP) is 1.67. The third-order valence-electron chi connectivity index (χ3n) is 3.24. The molecule has 0 amide bonds. The van der Waals surface area contributed by atoms with E-state index in [1.165, 1.54) is 11.1 Å². The average molecular weight is 280 g/mol. The number of pyridine rings is 1. The molecule has 2 aromatic heterocycles. The second-order valence-electron chi connectivity index (χ2n) is 4.94. The maximum atomic E-state index is 5.86. The van der Waals surface area contributed by atoms with E-state index in [0.717, 1.165) is 12.1 Å². The lowest BCUT2D eigenvalue weighted by molar-refractivity contribution is 0.688. The first-order chi connectivity index (χ1) is 10.2. The summed E-state index contributed by atoms with van der Waals surface area (Å²) < 4.78 is 1.67. The number of nitrogens with zero attached hydrogens (tertiary/aromatic N) is 5. The number of tetrazole rings is 1. The highest BCUT2D eigenvalue weighted by atomic mass is 15.5. The van der Waals surface area contributed by atoms with Crippen LogP contribution in [0.4, 0.5) is 0 Å².